The molecular formula is C10H16N2. The lowest BCUT2D eigenvalue weighted by molar-refractivity contribution is 1.38. The van der Waals surface area contributed by atoms with E-state index in [0.29, 0.717) is 0 Å². The van der Waals surface area contributed by atoms with Gasteiger partial charge in [0, 0.05) is 13.2 Å². The average Bonchev–Trinajstić information content (AvgIpc) is 2.00. The molecule has 0 amide bonds. The first-order valence-corrected chi connectivity index (χ1v) is 3.89. The fourth-order valence-electron chi connectivity index (χ4n) is 0.807. The van der Waals surface area contributed by atoms with Crippen LogP contribution in [0.3, 0.4) is 0 Å². The van der Waals surface area contributed by atoms with E-state index in [2.05, 4.69) is 16.6 Å². The molecule has 12 heavy (non-hydrogen) atoms. The lowest BCUT2D eigenvalue weighted by Gasteiger charge is -1.98. The van der Waals surface area contributed by atoms with E-state index < -0.39 is 0 Å². The van der Waals surface area contributed by atoms with Gasteiger partial charge in [0.15, 0.2) is 0 Å². The minimum absolute atomic E-state index is 0.897. The molecule has 0 aliphatic carbocycles. The molecule has 0 aromatic rings. The van der Waals surface area contributed by atoms with Crippen molar-refractivity contribution in [2.24, 2.45) is 9.98 Å². The van der Waals surface area contributed by atoms with Gasteiger partial charge in [0.2, 0.25) is 0 Å². The fraction of sp³-hybridized carbons (Fsp3) is 0.400. The van der Waals surface area contributed by atoms with Crippen LogP contribution in [-0.4, -0.2) is 18.5 Å². The van der Waals surface area contributed by atoms with E-state index in [1.807, 2.05) is 26.8 Å². The number of allylic oxidation sites excluding steroid dienone is 2. The van der Waals surface area contributed by atoms with Crippen molar-refractivity contribution in [2.45, 2.75) is 20.8 Å². The van der Waals surface area contributed by atoms with Gasteiger partial charge < -0.3 is 0 Å². The average molecular weight is 164 g/mol. The predicted octanol–water partition coefficient (Wildman–Crippen LogP) is 2.63. The van der Waals surface area contributed by atoms with Gasteiger partial charge in [-0.3, -0.25) is 9.98 Å². The van der Waals surface area contributed by atoms with Gasteiger partial charge in [-0.2, -0.15) is 0 Å². The highest BCUT2D eigenvalue weighted by atomic mass is 14.8. The molecule has 0 saturated heterocycles. The van der Waals surface area contributed by atoms with Crippen LogP contribution in [0, 0.1) is 0 Å². The SMILES string of the molecule is C=C/N=C(C)/C(C=C(C)C)=N/C. The molecule has 0 rings (SSSR count). The third-order valence-electron chi connectivity index (χ3n) is 1.32. The molecule has 0 unspecified atom stereocenters. The summed E-state index contributed by atoms with van der Waals surface area (Å²) in [6.07, 6.45) is 3.53. The number of nitrogens with zero attached hydrogens (tertiary/aromatic N) is 2. The Morgan fingerprint density at radius 3 is 2.17 bits per heavy atom. The lowest BCUT2D eigenvalue weighted by atomic mass is 10.2. The first kappa shape index (κ1) is 10.8. The second-order valence-corrected chi connectivity index (χ2v) is 2.73. The molecule has 66 valence electrons. The van der Waals surface area contributed by atoms with E-state index in [4.69, 9.17) is 0 Å². The Morgan fingerprint density at radius 2 is 1.83 bits per heavy atom. The maximum absolute atomic E-state index is 4.11. The van der Waals surface area contributed by atoms with E-state index >= 15 is 0 Å². The molecule has 0 N–H and O–H groups in total. The summed E-state index contributed by atoms with van der Waals surface area (Å²) >= 11 is 0. The van der Waals surface area contributed by atoms with Crippen molar-refractivity contribution in [3.63, 3.8) is 0 Å². The Morgan fingerprint density at radius 1 is 1.25 bits per heavy atom. The van der Waals surface area contributed by atoms with Gasteiger partial charge >= 0.3 is 0 Å². The Hall–Kier alpha value is -1.18. The van der Waals surface area contributed by atoms with Crippen molar-refractivity contribution >= 4 is 11.4 Å². The van der Waals surface area contributed by atoms with Crippen LogP contribution in [0.1, 0.15) is 20.8 Å². The zero-order chi connectivity index (χ0) is 9.56. The standard InChI is InChI=1S/C10H16N2/c1-6-12-9(4)10(11-5)7-8(2)3/h6-7H,1H2,2-5H3/b11-10+,12-9+. The number of hydrogen-bond acceptors (Lipinski definition) is 2. The lowest BCUT2D eigenvalue weighted by Crippen LogP contribution is -2.07. The molecule has 0 aliphatic rings. The molecule has 0 bridgehead atoms. The molecule has 0 fully saturated rings. The van der Waals surface area contributed by atoms with Gasteiger partial charge in [0.1, 0.15) is 0 Å². The Balaban J connectivity index is 4.71. The first-order chi connectivity index (χ1) is 5.61. The zero-order valence-electron chi connectivity index (χ0n) is 8.26. The van der Waals surface area contributed by atoms with Crippen LogP contribution in [0.4, 0.5) is 0 Å². The number of aliphatic imine (C=N–C) groups is 2. The van der Waals surface area contributed by atoms with Crippen molar-refractivity contribution in [1.82, 2.24) is 0 Å². The predicted molar refractivity (Wildman–Crippen MR) is 56.1 cm³/mol. The summed E-state index contributed by atoms with van der Waals surface area (Å²) in [4.78, 5) is 8.16. The highest BCUT2D eigenvalue weighted by Gasteiger charge is 1.96. The molecule has 0 heterocycles. The van der Waals surface area contributed by atoms with Gasteiger partial charge in [-0.25, -0.2) is 0 Å². The van der Waals surface area contributed by atoms with Gasteiger partial charge in [0.25, 0.3) is 0 Å². The molecular weight excluding hydrogens is 148 g/mol. The van der Waals surface area contributed by atoms with E-state index in [9.17, 15) is 0 Å². The van der Waals surface area contributed by atoms with Crippen LogP contribution in [0.5, 0.6) is 0 Å². The van der Waals surface area contributed by atoms with Gasteiger partial charge in [-0.1, -0.05) is 12.2 Å². The summed E-state index contributed by atoms with van der Waals surface area (Å²) in [7, 11) is 1.76. The molecule has 0 aromatic carbocycles. The highest BCUT2D eigenvalue weighted by molar-refractivity contribution is 6.45. The molecule has 0 spiro atoms. The second-order valence-electron chi connectivity index (χ2n) is 2.73. The molecule has 2 heteroatoms. The fourth-order valence-corrected chi connectivity index (χ4v) is 0.807. The number of hydrogen-bond donors (Lipinski definition) is 0. The zero-order valence-corrected chi connectivity index (χ0v) is 8.26. The quantitative estimate of drug-likeness (QED) is 0.573. The van der Waals surface area contributed by atoms with Crippen LogP contribution in [-0.2, 0) is 0 Å². The molecule has 0 saturated carbocycles. The van der Waals surface area contributed by atoms with E-state index in [1.165, 1.54) is 11.8 Å². The largest absolute Gasteiger partial charge is 0.287 e. The van der Waals surface area contributed by atoms with Crippen LogP contribution in [0.2, 0.25) is 0 Å². The van der Waals surface area contributed by atoms with Crippen molar-refractivity contribution in [2.75, 3.05) is 7.05 Å². The monoisotopic (exact) mass is 164 g/mol. The minimum atomic E-state index is 0.897. The third-order valence-corrected chi connectivity index (χ3v) is 1.32. The summed E-state index contributed by atoms with van der Waals surface area (Å²) in [6.45, 7) is 9.52. The van der Waals surface area contributed by atoms with Crippen LogP contribution < -0.4 is 0 Å². The van der Waals surface area contributed by atoms with Gasteiger partial charge in [0.05, 0.1) is 11.4 Å². The topological polar surface area (TPSA) is 24.7 Å². The van der Waals surface area contributed by atoms with E-state index in [-0.39, 0.29) is 0 Å². The molecule has 0 atom stereocenters. The normalized spacial score (nSPS) is 12.7. The van der Waals surface area contributed by atoms with Crippen molar-refractivity contribution in [3.8, 4) is 0 Å². The summed E-state index contributed by atoms with van der Waals surface area (Å²) in [5.74, 6) is 0. The summed E-state index contributed by atoms with van der Waals surface area (Å²) in [5.41, 5.74) is 3.03. The summed E-state index contributed by atoms with van der Waals surface area (Å²) in [5, 5.41) is 0. The molecule has 0 aliphatic heterocycles. The van der Waals surface area contributed by atoms with E-state index in [0.717, 1.165) is 11.4 Å². The first-order valence-electron chi connectivity index (χ1n) is 3.89. The molecule has 2 nitrogen and oxygen atoms in total. The third kappa shape index (κ3) is 3.86. The van der Waals surface area contributed by atoms with Crippen LogP contribution in [0.25, 0.3) is 0 Å². The van der Waals surface area contributed by atoms with Crippen molar-refractivity contribution in [1.29, 1.82) is 0 Å². The molecule has 0 radical (unpaired) electrons. The van der Waals surface area contributed by atoms with Crippen molar-refractivity contribution in [3.05, 3.63) is 24.4 Å². The molecule has 0 aromatic heterocycles. The summed E-state index contributed by atoms with van der Waals surface area (Å²) in [6, 6.07) is 0. The maximum Gasteiger partial charge on any atom is 0.0782 e. The van der Waals surface area contributed by atoms with Crippen molar-refractivity contribution < 1.29 is 0 Å². The highest BCUT2D eigenvalue weighted by Crippen LogP contribution is 1.94. The smallest absolute Gasteiger partial charge is 0.0782 e. The van der Waals surface area contributed by atoms with Gasteiger partial charge in [-0.15, -0.1) is 0 Å². The Bertz CT molecular complexity index is 241. The number of rotatable bonds is 3. The maximum atomic E-state index is 4.11. The van der Waals surface area contributed by atoms with Gasteiger partial charge in [-0.05, 0) is 26.8 Å². The van der Waals surface area contributed by atoms with Crippen LogP contribution >= 0.6 is 0 Å². The summed E-state index contributed by atoms with van der Waals surface area (Å²) < 4.78 is 0. The Labute approximate surface area is 74.4 Å². The van der Waals surface area contributed by atoms with Crippen LogP contribution in [0.15, 0.2) is 34.4 Å². The Kier molecular flexibility index (Phi) is 4.93. The second kappa shape index (κ2) is 5.47. The van der Waals surface area contributed by atoms with E-state index in [1.54, 1.807) is 7.05 Å². The minimum Gasteiger partial charge on any atom is -0.287 e.